The molecule has 1 aromatic carbocycles. The number of esters is 1. The maximum atomic E-state index is 12.2. The highest BCUT2D eigenvalue weighted by molar-refractivity contribution is 5.78. The van der Waals surface area contributed by atoms with Gasteiger partial charge in [0.05, 0.1) is 18.2 Å². The van der Waals surface area contributed by atoms with Crippen molar-refractivity contribution in [2.24, 2.45) is 0 Å². The first-order chi connectivity index (χ1) is 10.5. The van der Waals surface area contributed by atoms with Crippen LogP contribution in [0, 0.1) is 17.0 Å². The number of aryl methyl sites for hydroxylation is 1. The number of hydrogen-bond donors (Lipinski definition) is 0. The van der Waals surface area contributed by atoms with E-state index >= 15 is 0 Å². The lowest BCUT2D eigenvalue weighted by Gasteiger charge is -2.18. The molecule has 114 valence electrons. The number of pyridine rings is 1. The topological polar surface area (TPSA) is 91.4 Å². The van der Waals surface area contributed by atoms with Crippen LogP contribution < -0.4 is 5.56 Å². The molecule has 0 amide bonds. The van der Waals surface area contributed by atoms with Crippen LogP contribution in [0.1, 0.15) is 17.2 Å². The predicted octanol–water partition coefficient (Wildman–Crippen LogP) is 1.83. The van der Waals surface area contributed by atoms with Gasteiger partial charge in [-0.3, -0.25) is 19.5 Å². The quantitative estimate of drug-likeness (QED) is 0.488. The molecule has 0 radical (unpaired) electrons. The molecule has 0 fully saturated rings. The molecule has 0 aliphatic rings. The van der Waals surface area contributed by atoms with Gasteiger partial charge >= 0.3 is 5.97 Å². The molecule has 0 aliphatic carbocycles. The van der Waals surface area contributed by atoms with Crippen LogP contribution in [0.5, 0.6) is 0 Å². The summed E-state index contributed by atoms with van der Waals surface area (Å²) in [6, 6.07) is 8.55. The molecule has 2 rings (SSSR count). The van der Waals surface area contributed by atoms with Crippen molar-refractivity contribution in [1.29, 1.82) is 0 Å². The lowest BCUT2D eigenvalue weighted by atomic mass is 10.1. The van der Waals surface area contributed by atoms with Crippen molar-refractivity contribution in [3.8, 4) is 0 Å². The second-order valence-electron chi connectivity index (χ2n) is 4.68. The highest BCUT2D eigenvalue weighted by Gasteiger charge is 2.26. The maximum Gasteiger partial charge on any atom is 0.333 e. The molecule has 0 aliphatic heterocycles. The number of hydrogen-bond acceptors (Lipinski definition) is 5. The van der Waals surface area contributed by atoms with Crippen LogP contribution in [0.25, 0.3) is 0 Å². The molecular formula is C15H14N2O5. The van der Waals surface area contributed by atoms with Gasteiger partial charge in [0.15, 0.2) is 6.04 Å². The van der Waals surface area contributed by atoms with Crippen molar-refractivity contribution in [1.82, 2.24) is 4.57 Å². The molecule has 7 heteroatoms. The summed E-state index contributed by atoms with van der Waals surface area (Å²) in [5.41, 5.74) is 0.00400. The Hall–Kier alpha value is -2.96. The molecule has 0 bridgehead atoms. The molecule has 0 saturated heterocycles. The number of rotatable bonds is 4. The average Bonchev–Trinajstić information content (AvgIpc) is 2.50. The summed E-state index contributed by atoms with van der Waals surface area (Å²) in [5, 5.41) is 11.1. The Morgan fingerprint density at radius 3 is 2.50 bits per heavy atom. The van der Waals surface area contributed by atoms with Crippen molar-refractivity contribution in [3.05, 3.63) is 74.2 Å². The van der Waals surface area contributed by atoms with Crippen LogP contribution in [0.15, 0.2) is 47.4 Å². The van der Waals surface area contributed by atoms with Crippen LogP contribution in [0.3, 0.4) is 0 Å². The molecule has 22 heavy (non-hydrogen) atoms. The van der Waals surface area contributed by atoms with E-state index in [9.17, 15) is 19.7 Å². The number of benzene rings is 1. The Morgan fingerprint density at radius 1 is 1.32 bits per heavy atom. The summed E-state index contributed by atoms with van der Waals surface area (Å²) >= 11 is 0. The van der Waals surface area contributed by atoms with Crippen LogP contribution in [-0.2, 0) is 9.53 Å². The van der Waals surface area contributed by atoms with Gasteiger partial charge in [-0.15, -0.1) is 0 Å². The fraction of sp³-hybridized carbons (Fsp3) is 0.200. The monoisotopic (exact) mass is 302 g/mol. The van der Waals surface area contributed by atoms with Crippen molar-refractivity contribution in [2.75, 3.05) is 7.11 Å². The number of aromatic nitrogens is 1. The first kappa shape index (κ1) is 15.4. The third-order valence-corrected chi connectivity index (χ3v) is 3.27. The Bertz CT molecular complexity index is 767. The number of ether oxygens (including phenoxy) is 1. The van der Waals surface area contributed by atoms with Crippen LogP contribution in [-0.4, -0.2) is 22.6 Å². The summed E-state index contributed by atoms with van der Waals surface area (Å²) in [6.45, 7) is 1.47. The Labute approximate surface area is 125 Å². The number of carbonyl (C=O) groups is 1. The zero-order valence-electron chi connectivity index (χ0n) is 12.1. The summed E-state index contributed by atoms with van der Waals surface area (Å²) in [4.78, 5) is 34.7. The summed E-state index contributed by atoms with van der Waals surface area (Å²) in [6.07, 6.45) is 1.08. The van der Waals surface area contributed by atoms with E-state index in [4.69, 9.17) is 4.74 Å². The molecule has 0 spiro atoms. The predicted molar refractivity (Wildman–Crippen MR) is 78.7 cm³/mol. The standard InChI is InChI=1S/C15H14N2O5/c1-10-8-13(18)16(9-12(10)17(20)21)14(15(19)22-2)11-6-4-3-5-7-11/h3-9,14H,1-2H3. The zero-order chi connectivity index (χ0) is 16.3. The van der Waals surface area contributed by atoms with Gasteiger partial charge in [-0.25, -0.2) is 4.79 Å². The van der Waals surface area contributed by atoms with Crippen molar-refractivity contribution >= 4 is 11.7 Å². The molecule has 1 unspecified atom stereocenters. The summed E-state index contributed by atoms with van der Waals surface area (Å²) in [7, 11) is 1.20. The molecule has 7 nitrogen and oxygen atoms in total. The molecular weight excluding hydrogens is 288 g/mol. The van der Waals surface area contributed by atoms with Gasteiger partial charge in [-0.1, -0.05) is 30.3 Å². The molecule has 2 aromatic rings. The normalized spacial score (nSPS) is 11.7. The second kappa shape index (κ2) is 6.21. The van der Waals surface area contributed by atoms with E-state index in [1.807, 2.05) is 0 Å². The van der Waals surface area contributed by atoms with Gasteiger partial charge in [-0.2, -0.15) is 0 Å². The van der Waals surface area contributed by atoms with E-state index in [-0.39, 0.29) is 11.3 Å². The highest BCUT2D eigenvalue weighted by atomic mass is 16.6. The van der Waals surface area contributed by atoms with Gasteiger partial charge in [0.2, 0.25) is 0 Å². The zero-order valence-corrected chi connectivity index (χ0v) is 12.1. The van der Waals surface area contributed by atoms with Gasteiger partial charge in [0.1, 0.15) is 0 Å². The minimum atomic E-state index is -1.07. The minimum absolute atomic E-state index is 0.232. The number of methoxy groups -OCH3 is 1. The number of nitro groups is 1. The SMILES string of the molecule is COC(=O)C(c1ccccc1)n1cc([N+](=O)[O-])c(C)cc1=O. The summed E-state index contributed by atoms with van der Waals surface area (Å²) < 4.78 is 5.76. The van der Waals surface area contributed by atoms with Crippen molar-refractivity contribution in [3.63, 3.8) is 0 Å². The first-order valence-electron chi connectivity index (χ1n) is 6.45. The van der Waals surface area contributed by atoms with E-state index < -0.39 is 22.5 Å². The second-order valence-corrected chi connectivity index (χ2v) is 4.68. The first-order valence-corrected chi connectivity index (χ1v) is 6.45. The van der Waals surface area contributed by atoms with E-state index in [1.54, 1.807) is 30.3 Å². The van der Waals surface area contributed by atoms with Gasteiger partial charge in [0, 0.05) is 11.6 Å². The van der Waals surface area contributed by atoms with Gasteiger partial charge in [0.25, 0.3) is 11.2 Å². The van der Waals surface area contributed by atoms with Gasteiger partial charge < -0.3 is 4.74 Å². The smallest absolute Gasteiger partial charge is 0.333 e. The van der Waals surface area contributed by atoms with Crippen molar-refractivity contribution in [2.45, 2.75) is 13.0 Å². The van der Waals surface area contributed by atoms with Crippen LogP contribution >= 0.6 is 0 Å². The average molecular weight is 302 g/mol. The third kappa shape index (κ3) is 2.88. The fourth-order valence-electron chi connectivity index (χ4n) is 2.18. The molecule has 1 heterocycles. The van der Waals surface area contributed by atoms with E-state index in [0.29, 0.717) is 5.56 Å². The highest BCUT2D eigenvalue weighted by Crippen LogP contribution is 2.22. The van der Waals surface area contributed by atoms with Crippen molar-refractivity contribution < 1.29 is 14.5 Å². The molecule has 0 N–H and O–H groups in total. The maximum absolute atomic E-state index is 12.2. The van der Waals surface area contributed by atoms with Gasteiger partial charge in [-0.05, 0) is 12.5 Å². The lowest BCUT2D eigenvalue weighted by Crippen LogP contribution is -2.31. The number of nitrogens with zero attached hydrogens (tertiary/aromatic N) is 2. The van der Waals surface area contributed by atoms with E-state index in [2.05, 4.69) is 0 Å². The van der Waals surface area contributed by atoms with Crippen LogP contribution in [0.2, 0.25) is 0 Å². The minimum Gasteiger partial charge on any atom is -0.467 e. The number of carbonyl (C=O) groups excluding carboxylic acids is 1. The molecule has 0 saturated carbocycles. The Kier molecular flexibility index (Phi) is 4.36. The van der Waals surface area contributed by atoms with E-state index in [1.165, 1.54) is 14.0 Å². The Morgan fingerprint density at radius 2 is 1.95 bits per heavy atom. The molecule has 1 aromatic heterocycles. The van der Waals surface area contributed by atoms with Crippen LogP contribution in [0.4, 0.5) is 5.69 Å². The Balaban J connectivity index is 2.68. The van der Waals surface area contributed by atoms with E-state index in [0.717, 1.165) is 16.8 Å². The largest absolute Gasteiger partial charge is 0.467 e. The summed E-state index contributed by atoms with van der Waals surface area (Å²) in [5.74, 6) is -0.675. The molecule has 1 atom stereocenters. The fourth-order valence-corrected chi connectivity index (χ4v) is 2.18. The third-order valence-electron chi connectivity index (χ3n) is 3.27. The lowest BCUT2D eigenvalue weighted by molar-refractivity contribution is -0.385.